The molecule has 1 aromatic heterocycles. The number of carbonyl (C=O) groups is 1. The number of hydrogen-bond donors (Lipinski definition) is 1. The maximum Gasteiger partial charge on any atom is 0.254 e. The number of benzene rings is 1. The van der Waals surface area contributed by atoms with Crippen LogP contribution in [-0.2, 0) is 16.6 Å². The van der Waals surface area contributed by atoms with Gasteiger partial charge in [0.2, 0.25) is 10.0 Å². The predicted octanol–water partition coefficient (Wildman–Crippen LogP) is 2.94. The monoisotopic (exact) mass is 376 g/mol. The lowest BCUT2D eigenvalue weighted by Crippen LogP contribution is -2.38. The van der Waals surface area contributed by atoms with E-state index in [0.29, 0.717) is 30.3 Å². The average molecular weight is 376 g/mol. The summed E-state index contributed by atoms with van der Waals surface area (Å²) in [6, 6.07) is 8.08. The Balaban J connectivity index is 1.79. The second kappa shape index (κ2) is 7.63. The van der Waals surface area contributed by atoms with Crippen LogP contribution in [0, 0.1) is 12.8 Å². The topological polar surface area (TPSA) is 79.6 Å². The van der Waals surface area contributed by atoms with E-state index in [4.69, 9.17) is 4.42 Å². The van der Waals surface area contributed by atoms with E-state index < -0.39 is 10.0 Å². The Labute approximate surface area is 154 Å². The molecule has 0 aliphatic carbocycles. The molecule has 1 aromatic carbocycles. The van der Waals surface area contributed by atoms with Crippen molar-refractivity contribution < 1.29 is 17.6 Å². The number of rotatable bonds is 5. The number of amides is 1. The highest BCUT2D eigenvalue weighted by molar-refractivity contribution is 7.89. The van der Waals surface area contributed by atoms with Crippen LogP contribution in [0.4, 0.5) is 0 Å². The van der Waals surface area contributed by atoms with Gasteiger partial charge in [-0.15, -0.1) is 0 Å². The van der Waals surface area contributed by atoms with E-state index in [0.717, 1.165) is 18.4 Å². The molecule has 1 amide bonds. The van der Waals surface area contributed by atoms with Crippen molar-refractivity contribution in [1.29, 1.82) is 0 Å². The number of piperidine rings is 1. The Hall–Kier alpha value is -2.12. The highest BCUT2D eigenvalue weighted by Crippen LogP contribution is 2.22. The summed E-state index contributed by atoms with van der Waals surface area (Å²) >= 11 is 0. The zero-order valence-corrected chi connectivity index (χ0v) is 15.9. The average Bonchev–Trinajstić information content (AvgIpc) is 3.14. The molecule has 1 N–H and O–H groups in total. The molecule has 140 valence electrons. The first-order valence-corrected chi connectivity index (χ1v) is 10.3. The lowest BCUT2D eigenvalue weighted by Gasteiger charge is -2.30. The van der Waals surface area contributed by atoms with Crippen LogP contribution >= 0.6 is 0 Å². The first-order valence-electron chi connectivity index (χ1n) is 8.79. The highest BCUT2D eigenvalue weighted by Gasteiger charge is 2.24. The Kier molecular flexibility index (Phi) is 5.48. The van der Waals surface area contributed by atoms with Gasteiger partial charge < -0.3 is 9.32 Å². The summed E-state index contributed by atoms with van der Waals surface area (Å²) in [5.74, 6) is 1.05. The highest BCUT2D eigenvalue weighted by atomic mass is 32.2. The molecule has 2 aromatic rings. The maximum atomic E-state index is 12.8. The van der Waals surface area contributed by atoms with Gasteiger partial charge in [0, 0.05) is 18.7 Å². The third kappa shape index (κ3) is 4.16. The number of likely N-dealkylation sites (tertiary alicyclic amines) is 1. The minimum Gasteiger partial charge on any atom is -0.468 e. The molecule has 0 spiro atoms. The fourth-order valence-electron chi connectivity index (χ4n) is 3.04. The van der Waals surface area contributed by atoms with E-state index in [1.165, 1.54) is 18.4 Å². The number of nitrogens with one attached hydrogen (secondary N) is 1. The standard InChI is InChI=1S/C19H24N2O4S/c1-14-7-9-21(10-8-14)19(22)18-12-17(6-5-15(18)2)26(23,24)20-13-16-4-3-11-25-16/h3-6,11-12,14,20H,7-10,13H2,1-2H3. The predicted molar refractivity (Wildman–Crippen MR) is 98.2 cm³/mol. The summed E-state index contributed by atoms with van der Waals surface area (Å²) in [6.07, 6.45) is 3.45. The molecule has 0 radical (unpaired) electrons. The fourth-order valence-corrected chi connectivity index (χ4v) is 4.06. The number of carbonyl (C=O) groups excluding carboxylic acids is 1. The van der Waals surface area contributed by atoms with Gasteiger partial charge in [0.25, 0.3) is 5.91 Å². The molecule has 3 rings (SSSR count). The Morgan fingerprint density at radius 2 is 2.00 bits per heavy atom. The van der Waals surface area contributed by atoms with Gasteiger partial charge in [0.15, 0.2) is 0 Å². The number of sulfonamides is 1. The molecule has 0 atom stereocenters. The molecule has 0 unspecified atom stereocenters. The van der Waals surface area contributed by atoms with Crippen LogP contribution < -0.4 is 4.72 Å². The number of nitrogens with zero attached hydrogens (tertiary/aromatic N) is 1. The number of hydrogen-bond acceptors (Lipinski definition) is 4. The third-order valence-corrected chi connectivity index (χ3v) is 6.24. The zero-order chi connectivity index (χ0) is 18.7. The summed E-state index contributed by atoms with van der Waals surface area (Å²) in [4.78, 5) is 14.7. The van der Waals surface area contributed by atoms with Gasteiger partial charge >= 0.3 is 0 Å². The summed E-state index contributed by atoms with van der Waals surface area (Å²) in [5, 5.41) is 0. The molecule has 2 heterocycles. The van der Waals surface area contributed by atoms with Crippen LogP contribution in [0.3, 0.4) is 0 Å². The van der Waals surface area contributed by atoms with E-state index in [-0.39, 0.29) is 17.3 Å². The van der Waals surface area contributed by atoms with E-state index in [9.17, 15) is 13.2 Å². The van der Waals surface area contributed by atoms with Gasteiger partial charge in [-0.1, -0.05) is 13.0 Å². The minimum absolute atomic E-state index is 0.0660. The van der Waals surface area contributed by atoms with Crippen molar-refractivity contribution in [2.45, 2.75) is 38.1 Å². The lowest BCUT2D eigenvalue weighted by molar-refractivity contribution is 0.0696. The Morgan fingerprint density at radius 3 is 2.65 bits per heavy atom. The van der Waals surface area contributed by atoms with Gasteiger partial charge in [0.1, 0.15) is 5.76 Å². The third-order valence-electron chi connectivity index (χ3n) is 4.84. The molecule has 0 bridgehead atoms. The van der Waals surface area contributed by atoms with Crippen LogP contribution in [-0.4, -0.2) is 32.3 Å². The Bertz CT molecular complexity index is 867. The second-order valence-corrected chi connectivity index (χ2v) is 8.62. The van der Waals surface area contributed by atoms with Gasteiger partial charge in [-0.2, -0.15) is 0 Å². The lowest BCUT2D eigenvalue weighted by atomic mass is 9.98. The van der Waals surface area contributed by atoms with Gasteiger partial charge in [-0.05, 0) is 55.5 Å². The summed E-state index contributed by atoms with van der Waals surface area (Å²) < 4.78 is 32.8. The van der Waals surface area contributed by atoms with Crippen molar-refractivity contribution in [2.75, 3.05) is 13.1 Å². The first kappa shape index (κ1) is 18.7. The molecule has 1 saturated heterocycles. The van der Waals surface area contributed by atoms with Crippen LogP contribution in [0.2, 0.25) is 0 Å². The van der Waals surface area contributed by atoms with Crippen LogP contribution in [0.5, 0.6) is 0 Å². The molecule has 26 heavy (non-hydrogen) atoms. The van der Waals surface area contributed by atoms with Gasteiger partial charge in [-0.3, -0.25) is 4.79 Å². The van der Waals surface area contributed by atoms with Crippen molar-refractivity contribution in [2.24, 2.45) is 5.92 Å². The normalized spacial score (nSPS) is 16.0. The number of aryl methyl sites for hydroxylation is 1. The summed E-state index contributed by atoms with van der Waals surface area (Å²) in [5.41, 5.74) is 1.22. The zero-order valence-electron chi connectivity index (χ0n) is 15.1. The fraction of sp³-hybridized carbons (Fsp3) is 0.421. The van der Waals surface area contributed by atoms with Gasteiger partial charge in [-0.25, -0.2) is 13.1 Å². The molecule has 0 saturated carbocycles. The van der Waals surface area contributed by atoms with E-state index in [1.54, 1.807) is 18.2 Å². The van der Waals surface area contributed by atoms with E-state index in [2.05, 4.69) is 11.6 Å². The molecule has 1 fully saturated rings. The van der Waals surface area contributed by atoms with Crippen molar-refractivity contribution in [3.63, 3.8) is 0 Å². The summed E-state index contributed by atoms with van der Waals surface area (Å²) in [6.45, 7) is 5.51. The van der Waals surface area contributed by atoms with Crippen LogP contribution in [0.1, 0.15) is 41.4 Å². The smallest absolute Gasteiger partial charge is 0.254 e. The van der Waals surface area contributed by atoms with Crippen molar-refractivity contribution >= 4 is 15.9 Å². The second-order valence-electron chi connectivity index (χ2n) is 6.86. The molecular formula is C19H24N2O4S. The van der Waals surface area contributed by atoms with Gasteiger partial charge in [0.05, 0.1) is 17.7 Å². The minimum atomic E-state index is -3.73. The van der Waals surface area contributed by atoms with Crippen LogP contribution in [0.15, 0.2) is 45.9 Å². The maximum absolute atomic E-state index is 12.8. The number of furan rings is 1. The van der Waals surface area contributed by atoms with Crippen molar-refractivity contribution in [1.82, 2.24) is 9.62 Å². The van der Waals surface area contributed by atoms with E-state index >= 15 is 0 Å². The van der Waals surface area contributed by atoms with Crippen molar-refractivity contribution in [3.05, 3.63) is 53.5 Å². The molecule has 1 aliphatic rings. The largest absolute Gasteiger partial charge is 0.468 e. The van der Waals surface area contributed by atoms with Crippen molar-refractivity contribution in [3.8, 4) is 0 Å². The molecule has 1 aliphatic heterocycles. The molecule has 7 heteroatoms. The van der Waals surface area contributed by atoms with E-state index in [1.807, 2.05) is 11.8 Å². The quantitative estimate of drug-likeness (QED) is 0.870. The molecular weight excluding hydrogens is 352 g/mol. The van der Waals surface area contributed by atoms with Crippen LogP contribution in [0.25, 0.3) is 0 Å². The Morgan fingerprint density at radius 1 is 1.27 bits per heavy atom. The SMILES string of the molecule is Cc1ccc(S(=O)(=O)NCc2ccco2)cc1C(=O)N1CCC(C)CC1. The summed E-state index contributed by atoms with van der Waals surface area (Å²) in [7, 11) is -3.73. The first-order chi connectivity index (χ1) is 12.4. The molecule has 6 nitrogen and oxygen atoms in total.